The van der Waals surface area contributed by atoms with Crippen LogP contribution in [0.5, 0.6) is 0 Å². The van der Waals surface area contributed by atoms with Crippen molar-refractivity contribution < 1.29 is 13.2 Å². The van der Waals surface area contributed by atoms with Crippen LogP contribution in [0.4, 0.5) is 0 Å². The summed E-state index contributed by atoms with van der Waals surface area (Å²) in [6.07, 6.45) is 1.94. The number of nitrogens with zero attached hydrogens (tertiary/aromatic N) is 1. The molecule has 2 aromatic rings. The summed E-state index contributed by atoms with van der Waals surface area (Å²) < 4.78 is 26.0. The molecule has 0 N–H and O–H groups in total. The number of carbonyl (C=O) groups excluding carboxylic acids is 1. The van der Waals surface area contributed by atoms with Crippen molar-refractivity contribution in [2.45, 2.75) is 16.2 Å². The van der Waals surface area contributed by atoms with Crippen molar-refractivity contribution >= 4 is 27.7 Å². The first kappa shape index (κ1) is 15.8. The zero-order chi connectivity index (χ0) is 16.3. The monoisotopic (exact) mass is 345 g/mol. The number of rotatable bonds is 4. The molecular weight excluding hydrogens is 330 g/mol. The second-order valence-corrected chi connectivity index (χ2v) is 8.07. The van der Waals surface area contributed by atoms with Gasteiger partial charge in [0.1, 0.15) is 0 Å². The van der Waals surface area contributed by atoms with E-state index in [1.807, 2.05) is 30.3 Å². The Morgan fingerprint density at radius 2 is 1.52 bits per heavy atom. The van der Waals surface area contributed by atoms with E-state index in [0.717, 1.165) is 14.1 Å². The molecule has 23 heavy (non-hydrogen) atoms. The SMILES string of the molecule is O=C1C=C(Sc2ccccc2)CCN1S(=O)(=O)c1ccccc1. The van der Waals surface area contributed by atoms with Crippen molar-refractivity contribution in [3.05, 3.63) is 71.6 Å². The van der Waals surface area contributed by atoms with Crippen LogP contribution in [0.2, 0.25) is 0 Å². The fourth-order valence-corrected chi connectivity index (χ4v) is 4.61. The van der Waals surface area contributed by atoms with Gasteiger partial charge >= 0.3 is 0 Å². The minimum Gasteiger partial charge on any atom is -0.269 e. The summed E-state index contributed by atoms with van der Waals surface area (Å²) in [5, 5.41) is 0. The van der Waals surface area contributed by atoms with Crippen LogP contribution in [-0.4, -0.2) is 25.2 Å². The first-order valence-electron chi connectivity index (χ1n) is 7.12. The van der Waals surface area contributed by atoms with Crippen LogP contribution in [0.15, 0.2) is 81.4 Å². The molecule has 1 aliphatic rings. The van der Waals surface area contributed by atoms with Gasteiger partial charge in [-0.25, -0.2) is 12.7 Å². The highest BCUT2D eigenvalue weighted by Gasteiger charge is 2.30. The molecule has 0 aromatic heterocycles. The maximum absolute atomic E-state index is 12.5. The first-order valence-corrected chi connectivity index (χ1v) is 9.38. The summed E-state index contributed by atoms with van der Waals surface area (Å²) >= 11 is 1.50. The predicted octanol–water partition coefficient (Wildman–Crippen LogP) is 3.28. The maximum Gasteiger partial charge on any atom is 0.266 e. The van der Waals surface area contributed by atoms with E-state index in [9.17, 15) is 13.2 Å². The Balaban J connectivity index is 1.80. The topological polar surface area (TPSA) is 54.5 Å². The summed E-state index contributed by atoms with van der Waals surface area (Å²) in [7, 11) is -3.78. The Morgan fingerprint density at radius 1 is 0.913 bits per heavy atom. The highest BCUT2D eigenvalue weighted by atomic mass is 32.2. The van der Waals surface area contributed by atoms with Crippen LogP contribution < -0.4 is 0 Å². The average Bonchev–Trinajstić information content (AvgIpc) is 2.56. The summed E-state index contributed by atoms with van der Waals surface area (Å²) in [5.74, 6) is -0.487. The Hall–Kier alpha value is -2.05. The number of hydrogen-bond acceptors (Lipinski definition) is 4. The van der Waals surface area contributed by atoms with Gasteiger partial charge in [0.25, 0.3) is 15.9 Å². The van der Waals surface area contributed by atoms with E-state index in [1.165, 1.54) is 30.0 Å². The molecule has 1 aliphatic heterocycles. The Bertz CT molecular complexity index is 831. The third-order valence-electron chi connectivity index (χ3n) is 3.41. The van der Waals surface area contributed by atoms with E-state index < -0.39 is 15.9 Å². The van der Waals surface area contributed by atoms with Crippen LogP contribution >= 0.6 is 11.8 Å². The molecule has 118 valence electrons. The van der Waals surface area contributed by atoms with E-state index in [2.05, 4.69) is 0 Å². The fraction of sp³-hybridized carbons (Fsp3) is 0.118. The summed E-state index contributed by atoms with van der Waals surface area (Å²) in [4.78, 5) is 14.3. The highest BCUT2D eigenvalue weighted by molar-refractivity contribution is 8.03. The number of hydrogen-bond donors (Lipinski definition) is 0. The molecule has 0 saturated carbocycles. The van der Waals surface area contributed by atoms with Crippen molar-refractivity contribution in [3.63, 3.8) is 0 Å². The van der Waals surface area contributed by atoms with Crippen LogP contribution in [0.25, 0.3) is 0 Å². The summed E-state index contributed by atoms with van der Waals surface area (Å²) in [6, 6.07) is 17.7. The largest absolute Gasteiger partial charge is 0.269 e. The normalized spacial score (nSPS) is 15.4. The van der Waals surface area contributed by atoms with E-state index in [1.54, 1.807) is 18.2 Å². The second kappa shape index (κ2) is 6.60. The molecule has 0 spiro atoms. The molecule has 0 saturated heterocycles. The number of carbonyl (C=O) groups is 1. The predicted molar refractivity (Wildman–Crippen MR) is 90.3 cm³/mol. The van der Waals surface area contributed by atoms with E-state index in [4.69, 9.17) is 0 Å². The molecule has 2 aromatic carbocycles. The Kier molecular flexibility index (Phi) is 4.54. The number of sulfonamides is 1. The maximum atomic E-state index is 12.5. The third-order valence-corrected chi connectivity index (χ3v) is 6.32. The highest BCUT2D eigenvalue weighted by Crippen LogP contribution is 2.32. The van der Waals surface area contributed by atoms with Gasteiger partial charge in [-0.1, -0.05) is 48.2 Å². The van der Waals surface area contributed by atoms with Crippen molar-refractivity contribution in [2.24, 2.45) is 0 Å². The van der Waals surface area contributed by atoms with Crippen molar-refractivity contribution in [1.29, 1.82) is 0 Å². The van der Waals surface area contributed by atoms with Crippen LogP contribution in [0.3, 0.4) is 0 Å². The minimum atomic E-state index is -3.78. The third kappa shape index (κ3) is 3.48. The van der Waals surface area contributed by atoms with Crippen molar-refractivity contribution in [3.8, 4) is 0 Å². The van der Waals surface area contributed by atoms with Gasteiger partial charge in [0.15, 0.2) is 0 Å². The average molecular weight is 345 g/mol. The fourth-order valence-electron chi connectivity index (χ4n) is 2.28. The molecule has 4 nitrogen and oxygen atoms in total. The van der Waals surface area contributed by atoms with Crippen LogP contribution in [0.1, 0.15) is 6.42 Å². The molecule has 0 atom stereocenters. The van der Waals surface area contributed by atoms with Gasteiger partial charge in [0, 0.05) is 17.5 Å². The number of benzene rings is 2. The molecule has 6 heteroatoms. The van der Waals surface area contributed by atoms with Gasteiger partial charge in [-0.2, -0.15) is 0 Å². The van der Waals surface area contributed by atoms with Gasteiger partial charge in [0.05, 0.1) is 4.90 Å². The van der Waals surface area contributed by atoms with Gasteiger partial charge in [-0.3, -0.25) is 4.79 Å². The summed E-state index contributed by atoms with van der Waals surface area (Å²) in [6.45, 7) is 0.168. The number of amides is 1. The molecule has 0 bridgehead atoms. The molecule has 3 rings (SSSR count). The number of thioether (sulfide) groups is 1. The quantitative estimate of drug-likeness (QED) is 0.853. The first-order chi connectivity index (χ1) is 11.1. The van der Waals surface area contributed by atoms with Crippen LogP contribution in [0, 0.1) is 0 Å². The molecule has 1 heterocycles. The lowest BCUT2D eigenvalue weighted by molar-refractivity contribution is -0.122. The molecular formula is C17H15NO3S2. The lowest BCUT2D eigenvalue weighted by Crippen LogP contribution is -2.38. The minimum absolute atomic E-state index is 0.140. The standard InChI is InChI=1S/C17H15NO3S2/c19-17-13-15(22-14-7-3-1-4-8-14)11-12-18(17)23(20,21)16-9-5-2-6-10-16/h1-10,13H,11-12H2. The lowest BCUT2D eigenvalue weighted by Gasteiger charge is -2.25. The smallest absolute Gasteiger partial charge is 0.266 e. The van der Waals surface area contributed by atoms with Crippen molar-refractivity contribution in [2.75, 3.05) is 6.54 Å². The zero-order valence-corrected chi connectivity index (χ0v) is 13.9. The second-order valence-electron chi connectivity index (χ2n) is 5.00. The lowest BCUT2D eigenvalue weighted by atomic mass is 10.3. The molecule has 1 amide bonds. The van der Waals surface area contributed by atoms with E-state index in [0.29, 0.717) is 6.42 Å². The Morgan fingerprint density at radius 3 is 2.13 bits per heavy atom. The van der Waals surface area contributed by atoms with Gasteiger partial charge in [0.2, 0.25) is 0 Å². The molecule has 0 unspecified atom stereocenters. The van der Waals surface area contributed by atoms with E-state index in [-0.39, 0.29) is 11.4 Å². The van der Waals surface area contributed by atoms with Crippen LogP contribution in [-0.2, 0) is 14.8 Å². The summed E-state index contributed by atoms with van der Waals surface area (Å²) in [5.41, 5.74) is 0. The van der Waals surface area contributed by atoms with Gasteiger partial charge in [-0.15, -0.1) is 0 Å². The Labute approximate surface area is 139 Å². The van der Waals surface area contributed by atoms with Crippen molar-refractivity contribution in [1.82, 2.24) is 4.31 Å². The zero-order valence-electron chi connectivity index (χ0n) is 12.3. The van der Waals surface area contributed by atoms with Gasteiger partial charge < -0.3 is 0 Å². The molecule has 0 radical (unpaired) electrons. The molecule has 0 fully saturated rings. The molecule has 0 aliphatic carbocycles. The van der Waals surface area contributed by atoms with E-state index >= 15 is 0 Å². The van der Waals surface area contributed by atoms with Gasteiger partial charge in [-0.05, 0) is 35.6 Å².